The van der Waals surface area contributed by atoms with Gasteiger partial charge in [-0.25, -0.2) is 9.18 Å². The minimum Gasteiger partial charge on any atom is -0.440 e. The van der Waals surface area contributed by atoms with Gasteiger partial charge in [0.05, 0.1) is 0 Å². The van der Waals surface area contributed by atoms with Crippen molar-refractivity contribution in [2.75, 3.05) is 13.2 Å². The van der Waals surface area contributed by atoms with Crippen LogP contribution in [0, 0.1) is 5.82 Å². The van der Waals surface area contributed by atoms with Crippen LogP contribution < -0.4 is 5.32 Å². The Labute approximate surface area is 135 Å². The third-order valence-electron chi connectivity index (χ3n) is 3.56. The number of ether oxygens (including phenoxy) is 1. The summed E-state index contributed by atoms with van der Waals surface area (Å²) in [6.07, 6.45) is -5.03. The largest absolute Gasteiger partial charge is 0.440 e. The van der Waals surface area contributed by atoms with E-state index >= 15 is 0 Å². The Balaban J connectivity index is 1.91. The molecular weight excluding hydrogens is 332 g/mol. The van der Waals surface area contributed by atoms with Gasteiger partial charge in [0, 0.05) is 18.7 Å². The third-order valence-corrected chi connectivity index (χ3v) is 3.56. The number of carbonyl (C=O) groups excluding carboxylic acids is 2. The molecule has 1 aliphatic rings. The van der Waals surface area contributed by atoms with Crippen LogP contribution >= 0.6 is 0 Å². The quantitative estimate of drug-likeness (QED) is 0.851. The van der Waals surface area contributed by atoms with Crippen LogP contribution in [0.3, 0.4) is 0 Å². The number of hydrogen-bond acceptors (Lipinski definition) is 3. The topological polar surface area (TPSA) is 58.6 Å². The number of amides is 2. The number of likely N-dealkylation sites (tertiary alicyclic amines) is 1. The zero-order valence-electron chi connectivity index (χ0n) is 12.6. The Kier molecular flexibility index (Phi) is 5.63. The van der Waals surface area contributed by atoms with Crippen molar-refractivity contribution in [2.45, 2.75) is 31.6 Å². The standard InChI is InChI=1S/C15H16F4N2O3/c16-11-5-2-1-4-10(11)8-20-13(22)12-6-3-7-21(12)14(23)24-9-15(17,18)19/h1-2,4-5,12H,3,6-9H2,(H,20,22)/t12-/m0/s1. The molecule has 0 radical (unpaired) electrons. The van der Waals surface area contributed by atoms with Crippen LogP contribution in [0.2, 0.25) is 0 Å². The minimum absolute atomic E-state index is 0.0759. The fourth-order valence-electron chi connectivity index (χ4n) is 2.43. The van der Waals surface area contributed by atoms with E-state index in [1.807, 2.05) is 0 Å². The summed E-state index contributed by atoms with van der Waals surface area (Å²) < 4.78 is 53.9. The first kappa shape index (κ1) is 18.0. The second-order valence-electron chi connectivity index (χ2n) is 5.33. The first-order valence-electron chi connectivity index (χ1n) is 7.29. The van der Waals surface area contributed by atoms with E-state index in [1.54, 1.807) is 6.07 Å². The van der Waals surface area contributed by atoms with Crippen LogP contribution in [0.5, 0.6) is 0 Å². The monoisotopic (exact) mass is 348 g/mol. The zero-order valence-corrected chi connectivity index (χ0v) is 12.6. The number of benzene rings is 1. The van der Waals surface area contributed by atoms with Gasteiger partial charge in [-0.05, 0) is 18.9 Å². The molecule has 1 aliphatic heterocycles. The Morgan fingerprint density at radius 2 is 2.00 bits per heavy atom. The molecule has 132 valence electrons. The molecule has 1 heterocycles. The van der Waals surface area contributed by atoms with Crippen molar-refractivity contribution in [3.8, 4) is 0 Å². The lowest BCUT2D eigenvalue weighted by Gasteiger charge is -2.23. The smallest absolute Gasteiger partial charge is 0.422 e. The summed E-state index contributed by atoms with van der Waals surface area (Å²) in [5.74, 6) is -1.04. The summed E-state index contributed by atoms with van der Waals surface area (Å²) in [4.78, 5) is 24.8. The maximum atomic E-state index is 13.5. The molecule has 0 bridgehead atoms. The normalized spacial score (nSPS) is 17.7. The number of nitrogens with one attached hydrogen (secondary N) is 1. The van der Waals surface area contributed by atoms with Gasteiger partial charge in [0.1, 0.15) is 11.9 Å². The van der Waals surface area contributed by atoms with E-state index in [2.05, 4.69) is 10.1 Å². The summed E-state index contributed by atoms with van der Waals surface area (Å²) >= 11 is 0. The van der Waals surface area contributed by atoms with Crippen molar-refractivity contribution in [2.24, 2.45) is 0 Å². The molecule has 0 spiro atoms. The van der Waals surface area contributed by atoms with Gasteiger partial charge in [-0.3, -0.25) is 9.69 Å². The van der Waals surface area contributed by atoms with E-state index < -0.39 is 36.6 Å². The Hall–Kier alpha value is -2.32. The summed E-state index contributed by atoms with van der Waals surface area (Å²) in [5, 5.41) is 2.49. The molecule has 9 heteroatoms. The molecule has 1 atom stereocenters. The molecule has 2 rings (SSSR count). The van der Waals surface area contributed by atoms with Crippen LogP contribution in [0.4, 0.5) is 22.4 Å². The average molecular weight is 348 g/mol. The molecule has 1 fully saturated rings. The molecule has 1 aromatic rings. The number of carbonyl (C=O) groups is 2. The lowest BCUT2D eigenvalue weighted by atomic mass is 10.2. The van der Waals surface area contributed by atoms with Crippen LogP contribution in [0.1, 0.15) is 18.4 Å². The molecule has 1 saturated heterocycles. The molecular formula is C15H16F4N2O3. The van der Waals surface area contributed by atoms with Crippen molar-refractivity contribution in [3.63, 3.8) is 0 Å². The first-order chi connectivity index (χ1) is 11.3. The number of halogens is 4. The SMILES string of the molecule is O=C(NCc1ccccc1F)[C@@H]1CCCN1C(=O)OCC(F)(F)F. The number of alkyl halides is 3. The molecule has 24 heavy (non-hydrogen) atoms. The predicted molar refractivity (Wildman–Crippen MR) is 75.4 cm³/mol. The highest BCUT2D eigenvalue weighted by molar-refractivity contribution is 5.86. The van der Waals surface area contributed by atoms with E-state index in [1.165, 1.54) is 18.2 Å². The van der Waals surface area contributed by atoms with Crippen LogP contribution in [-0.2, 0) is 16.1 Å². The van der Waals surface area contributed by atoms with Gasteiger partial charge in [-0.15, -0.1) is 0 Å². The Bertz CT molecular complexity index is 607. The van der Waals surface area contributed by atoms with Crippen molar-refractivity contribution in [1.82, 2.24) is 10.2 Å². The molecule has 0 saturated carbocycles. The van der Waals surface area contributed by atoms with Crippen molar-refractivity contribution >= 4 is 12.0 Å². The van der Waals surface area contributed by atoms with Crippen LogP contribution in [0.15, 0.2) is 24.3 Å². The third kappa shape index (κ3) is 4.84. The summed E-state index contributed by atoms with van der Waals surface area (Å²) in [6.45, 7) is -1.65. The van der Waals surface area contributed by atoms with E-state index in [-0.39, 0.29) is 18.7 Å². The Morgan fingerprint density at radius 1 is 1.29 bits per heavy atom. The van der Waals surface area contributed by atoms with E-state index in [0.717, 1.165) is 4.90 Å². The minimum atomic E-state index is -4.63. The summed E-state index contributed by atoms with van der Waals surface area (Å²) in [7, 11) is 0. The second-order valence-corrected chi connectivity index (χ2v) is 5.33. The van der Waals surface area contributed by atoms with Gasteiger partial charge < -0.3 is 10.1 Å². The second kappa shape index (κ2) is 7.50. The fourth-order valence-corrected chi connectivity index (χ4v) is 2.43. The highest BCUT2D eigenvalue weighted by Gasteiger charge is 2.37. The van der Waals surface area contributed by atoms with Crippen molar-refractivity contribution in [1.29, 1.82) is 0 Å². The van der Waals surface area contributed by atoms with E-state index in [4.69, 9.17) is 0 Å². The van der Waals surface area contributed by atoms with Gasteiger partial charge in [0.2, 0.25) is 5.91 Å². The van der Waals surface area contributed by atoms with E-state index in [0.29, 0.717) is 12.8 Å². The molecule has 2 amide bonds. The van der Waals surface area contributed by atoms with Gasteiger partial charge in [-0.1, -0.05) is 18.2 Å². The number of nitrogens with zero attached hydrogens (tertiary/aromatic N) is 1. The maximum Gasteiger partial charge on any atom is 0.422 e. The molecule has 0 aromatic heterocycles. The van der Waals surface area contributed by atoms with Crippen molar-refractivity contribution in [3.05, 3.63) is 35.6 Å². The first-order valence-corrected chi connectivity index (χ1v) is 7.29. The molecule has 1 N–H and O–H groups in total. The number of rotatable bonds is 4. The molecule has 5 nitrogen and oxygen atoms in total. The summed E-state index contributed by atoms with van der Waals surface area (Å²) in [5.41, 5.74) is 0.273. The van der Waals surface area contributed by atoms with Gasteiger partial charge >= 0.3 is 12.3 Å². The molecule has 0 aliphatic carbocycles. The summed E-state index contributed by atoms with van der Waals surface area (Å²) in [6, 6.07) is 4.95. The average Bonchev–Trinajstić information content (AvgIpc) is 3.00. The molecule has 0 unspecified atom stereocenters. The lowest BCUT2D eigenvalue weighted by Crippen LogP contribution is -2.46. The van der Waals surface area contributed by atoms with Gasteiger partial charge in [-0.2, -0.15) is 13.2 Å². The van der Waals surface area contributed by atoms with Gasteiger partial charge in [0.25, 0.3) is 0 Å². The molecule has 1 aromatic carbocycles. The zero-order chi connectivity index (χ0) is 17.7. The maximum absolute atomic E-state index is 13.5. The highest BCUT2D eigenvalue weighted by Crippen LogP contribution is 2.21. The lowest BCUT2D eigenvalue weighted by molar-refractivity contribution is -0.162. The van der Waals surface area contributed by atoms with Crippen LogP contribution in [0.25, 0.3) is 0 Å². The van der Waals surface area contributed by atoms with Crippen LogP contribution in [-0.4, -0.2) is 42.3 Å². The van der Waals surface area contributed by atoms with Crippen molar-refractivity contribution < 1.29 is 31.9 Å². The highest BCUT2D eigenvalue weighted by atomic mass is 19.4. The predicted octanol–water partition coefficient (Wildman–Crippen LogP) is 2.61. The Morgan fingerprint density at radius 3 is 2.67 bits per heavy atom. The van der Waals surface area contributed by atoms with Gasteiger partial charge in [0.15, 0.2) is 6.61 Å². The fraction of sp³-hybridized carbons (Fsp3) is 0.467. The van der Waals surface area contributed by atoms with E-state index in [9.17, 15) is 27.2 Å². The number of hydrogen-bond donors (Lipinski definition) is 1.